The first kappa shape index (κ1) is 20.6. The minimum Gasteiger partial charge on any atom is -0.452 e. The predicted octanol–water partition coefficient (Wildman–Crippen LogP) is 4.09. The SMILES string of the molecule is N#CCCN(C(=O)COC(=O)/C=C/c1ccccc1F)C12CC3CC(CC(C3)C1)C2. The third-order valence-electron chi connectivity index (χ3n) is 6.97. The molecule has 0 radical (unpaired) electrons. The molecule has 0 spiro atoms. The Morgan fingerprint density at radius 1 is 1.17 bits per heavy atom. The lowest BCUT2D eigenvalue weighted by molar-refractivity contribution is -0.160. The van der Waals surface area contributed by atoms with Gasteiger partial charge in [0.05, 0.1) is 12.5 Å². The lowest BCUT2D eigenvalue weighted by atomic mass is 9.52. The highest BCUT2D eigenvalue weighted by Gasteiger charge is 2.54. The molecule has 6 heteroatoms. The van der Waals surface area contributed by atoms with Crippen molar-refractivity contribution in [2.75, 3.05) is 13.2 Å². The number of hydrogen-bond donors (Lipinski definition) is 0. The van der Waals surface area contributed by atoms with Gasteiger partial charge in [0, 0.05) is 23.7 Å². The summed E-state index contributed by atoms with van der Waals surface area (Å²) in [6.45, 7) is 0.0255. The van der Waals surface area contributed by atoms with Crippen molar-refractivity contribution >= 4 is 18.0 Å². The number of rotatable bonds is 7. The molecule has 1 aromatic rings. The van der Waals surface area contributed by atoms with Gasteiger partial charge in [0.15, 0.2) is 6.61 Å². The second kappa shape index (κ2) is 8.59. The number of benzene rings is 1. The van der Waals surface area contributed by atoms with E-state index < -0.39 is 11.8 Å². The maximum absolute atomic E-state index is 13.6. The highest BCUT2D eigenvalue weighted by atomic mass is 19.1. The van der Waals surface area contributed by atoms with Gasteiger partial charge in [0.2, 0.25) is 0 Å². The Hall–Kier alpha value is -2.68. The molecule has 0 aliphatic heterocycles. The van der Waals surface area contributed by atoms with Crippen LogP contribution in [0.1, 0.15) is 50.5 Å². The van der Waals surface area contributed by atoms with E-state index in [9.17, 15) is 14.0 Å². The van der Waals surface area contributed by atoms with E-state index in [0.29, 0.717) is 24.3 Å². The quantitative estimate of drug-likeness (QED) is 0.501. The Morgan fingerprint density at radius 3 is 2.40 bits per heavy atom. The van der Waals surface area contributed by atoms with Crippen molar-refractivity contribution < 1.29 is 18.7 Å². The Kier molecular flexibility index (Phi) is 5.90. The highest BCUT2D eigenvalue weighted by Crippen LogP contribution is 2.57. The average Bonchev–Trinajstić information content (AvgIpc) is 2.71. The number of amides is 1. The fourth-order valence-corrected chi connectivity index (χ4v) is 6.21. The van der Waals surface area contributed by atoms with E-state index in [1.54, 1.807) is 18.2 Å². The number of ether oxygens (including phenoxy) is 1. The first-order valence-electron chi connectivity index (χ1n) is 10.8. The van der Waals surface area contributed by atoms with E-state index in [1.807, 2.05) is 4.90 Å². The molecule has 1 aromatic carbocycles. The van der Waals surface area contributed by atoms with Crippen molar-refractivity contribution in [3.05, 3.63) is 41.7 Å². The van der Waals surface area contributed by atoms with Crippen LogP contribution in [0.5, 0.6) is 0 Å². The number of hydrogen-bond acceptors (Lipinski definition) is 4. The van der Waals surface area contributed by atoms with Crippen molar-refractivity contribution in [3.8, 4) is 6.07 Å². The molecule has 0 aromatic heterocycles. The third kappa shape index (κ3) is 4.26. The molecule has 0 unspecified atom stereocenters. The van der Waals surface area contributed by atoms with Crippen LogP contribution in [0, 0.1) is 34.9 Å². The van der Waals surface area contributed by atoms with Crippen LogP contribution >= 0.6 is 0 Å². The summed E-state index contributed by atoms with van der Waals surface area (Å²) in [4.78, 5) is 27.0. The van der Waals surface area contributed by atoms with E-state index in [2.05, 4.69) is 6.07 Å². The van der Waals surface area contributed by atoms with Crippen LogP contribution in [0.15, 0.2) is 30.3 Å². The molecule has 5 nitrogen and oxygen atoms in total. The van der Waals surface area contributed by atoms with Crippen molar-refractivity contribution in [2.45, 2.75) is 50.5 Å². The van der Waals surface area contributed by atoms with Gasteiger partial charge in [-0.1, -0.05) is 18.2 Å². The summed E-state index contributed by atoms with van der Waals surface area (Å²) in [6, 6.07) is 8.26. The van der Waals surface area contributed by atoms with Crippen LogP contribution < -0.4 is 0 Å². The minimum atomic E-state index is -0.683. The van der Waals surface area contributed by atoms with Gasteiger partial charge in [-0.3, -0.25) is 4.79 Å². The van der Waals surface area contributed by atoms with Crippen LogP contribution in [0.3, 0.4) is 0 Å². The smallest absolute Gasteiger partial charge is 0.331 e. The lowest BCUT2D eigenvalue weighted by Crippen LogP contribution is -2.62. The maximum Gasteiger partial charge on any atom is 0.331 e. The Labute approximate surface area is 176 Å². The predicted molar refractivity (Wildman–Crippen MR) is 109 cm³/mol. The van der Waals surface area contributed by atoms with E-state index in [4.69, 9.17) is 10.00 Å². The summed E-state index contributed by atoms with van der Waals surface area (Å²) in [6.07, 6.45) is 9.52. The maximum atomic E-state index is 13.6. The summed E-state index contributed by atoms with van der Waals surface area (Å²) in [5.74, 6) is 0.652. The molecular formula is C24H27FN2O3. The number of carbonyl (C=O) groups excluding carboxylic acids is 2. The normalized spacial score (nSPS) is 29.0. The molecule has 4 saturated carbocycles. The van der Waals surface area contributed by atoms with Gasteiger partial charge in [0.25, 0.3) is 5.91 Å². The zero-order valence-electron chi connectivity index (χ0n) is 17.1. The molecule has 30 heavy (non-hydrogen) atoms. The first-order chi connectivity index (χ1) is 14.5. The third-order valence-corrected chi connectivity index (χ3v) is 6.97. The fraction of sp³-hybridized carbons (Fsp3) is 0.542. The van der Waals surface area contributed by atoms with Crippen molar-refractivity contribution in [3.63, 3.8) is 0 Å². The highest BCUT2D eigenvalue weighted by molar-refractivity contribution is 5.89. The number of nitrogens with zero attached hydrogens (tertiary/aromatic N) is 2. The van der Waals surface area contributed by atoms with Gasteiger partial charge < -0.3 is 9.64 Å². The molecule has 0 N–H and O–H groups in total. The summed E-state index contributed by atoms with van der Waals surface area (Å²) < 4.78 is 18.8. The van der Waals surface area contributed by atoms with Crippen LogP contribution in [-0.4, -0.2) is 35.5 Å². The van der Waals surface area contributed by atoms with Gasteiger partial charge in [-0.05, 0) is 68.4 Å². The first-order valence-corrected chi connectivity index (χ1v) is 10.8. The molecule has 5 rings (SSSR count). The number of carbonyl (C=O) groups is 2. The standard InChI is InChI=1S/C24H27FN2O3/c25-21-5-2-1-4-20(21)6-7-23(29)30-16-22(28)27(9-3-8-26)24-13-17-10-18(14-24)12-19(11-17)15-24/h1-2,4-7,17-19H,3,9-16H2/b7-6+. The summed E-state index contributed by atoms with van der Waals surface area (Å²) in [5.41, 5.74) is 0.1000. The molecule has 1 amide bonds. The van der Waals surface area contributed by atoms with Gasteiger partial charge in [0.1, 0.15) is 5.82 Å². The van der Waals surface area contributed by atoms with E-state index in [-0.39, 0.29) is 30.0 Å². The molecule has 4 aliphatic carbocycles. The lowest BCUT2D eigenvalue weighted by Gasteiger charge is -2.60. The number of esters is 1. The molecule has 4 aliphatic rings. The second-order valence-corrected chi connectivity index (χ2v) is 9.06. The number of nitriles is 1. The molecule has 0 atom stereocenters. The largest absolute Gasteiger partial charge is 0.452 e. The van der Waals surface area contributed by atoms with Crippen LogP contribution in [0.25, 0.3) is 6.08 Å². The van der Waals surface area contributed by atoms with E-state index >= 15 is 0 Å². The van der Waals surface area contributed by atoms with Crippen molar-refractivity contribution in [2.24, 2.45) is 17.8 Å². The summed E-state index contributed by atoms with van der Waals surface area (Å²) >= 11 is 0. The van der Waals surface area contributed by atoms with E-state index in [0.717, 1.165) is 25.3 Å². The van der Waals surface area contributed by atoms with Gasteiger partial charge in [-0.15, -0.1) is 0 Å². The molecule has 4 fully saturated rings. The molecule has 0 heterocycles. The van der Waals surface area contributed by atoms with Crippen molar-refractivity contribution in [1.82, 2.24) is 4.90 Å². The molecule has 4 bridgehead atoms. The Morgan fingerprint density at radius 2 is 1.80 bits per heavy atom. The summed E-state index contributed by atoms with van der Waals surface area (Å²) in [7, 11) is 0. The van der Waals surface area contributed by atoms with Gasteiger partial charge in [-0.2, -0.15) is 5.26 Å². The molecular weight excluding hydrogens is 383 g/mol. The topological polar surface area (TPSA) is 70.4 Å². The summed E-state index contributed by atoms with van der Waals surface area (Å²) in [5, 5.41) is 9.08. The zero-order valence-corrected chi connectivity index (χ0v) is 17.1. The van der Waals surface area contributed by atoms with E-state index in [1.165, 1.54) is 31.4 Å². The zero-order chi connectivity index (χ0) is 21.1. The fourth-order valence-electron chi connectivity index (χ4n) is 6.21. The van der Waals surface area contributed by atoms with Crippen LogP contribution in [-0.2, 0) is 14.3 Å². The van der Waals surface area contributed by atoms with Crippen LogP contribution in [0.2, 0.25) is 0 Å². The number of halogens is 1. The molecule has 158 valence electrons. The van der Waals surface area contributed by atoms with Crippen molar-refractivity contribution in [1.29, 1.82) is 5.26 Å². The monoisotopic (exact) mass is 410 g/mol. The van der Waals surface area contributed by atoms with Crippen LogP contribution in [0.4, 0.5) is 4.39 Å². The van der Waals surface area contributed by atoms with Gasteiger partial charge >= 0.3 is 5.97 Å². The Balaban J connectivity index is 1.40. The average molecular weight is 410 g/mol. The second-order valence-electron chi connectivity index (χ2n) is 9.06. The molecule has 0 saturated heterocycles. The van der Waals surface area contributed by atoms with Gasteiger partial charge in [-0.25, -0.2) is 9.18 Å². The Bertz CT molecular complexity index is 853. The minimum absolute atomic E-state index is 0.182.